The number of benzene rings is 2. The van der Waals surface area contributed by atoms with Crippen molar-refractivity contribution in [3.63, 3.8) is 0 Å². The molecule has 1 aliphatic rings. The largest absolute Gasteiger partial charge is 0.224 e. The van der Waals surface area contributed by atoms with Crippen LogP contribution in [0, 0.1) is 29.0 Å². The zero-order valence-electron chi connectivity index (χ0n) is 14.8. The molecule has 0 aliphatic heterocycles. The van der Waals surface area contributed by atoms with Gasteiger partial charge < -0.3 is 0 Å². The highest BCUT2D eigenvalue weighted by molar-refractivity contribution is 7.91. The summed E-state index contributed by atoms with van der Waals surface area (Å²) in [5, 5.41) is 8.82. The average Bonchev–Trinajstić information content (AvgIpc) is 2.63. The molecule has 1 fully saturated rings. The minimum Gasteiger partial charge on any atom is -0.224 e. The molecule has 3 nitrogen and oxygen atoms in total. The Morgan fingerprint density at radius 2 is 1.73 bits per heavy atom. The van der Waals surface area contributed by atoms with Crippen molar-refractivity contribution in [2.24, 2.45) is 11.8 Å². The van der Waals surface area contributed by atoms with E-state index in [4.69, 9.17) is 5.26 Å². The number of hydrogen-bond donors (Lipinski definition) is 0. The van der Waals surface area contributed by atoms with E-state index in [1.54, 1.807) is 36.4 Å². The van der Waals surface area contributed by atoms with E-state index >= 15 is 0 Å². The summed E-state index contributed by atoms with van der Waals surface area (Å²) in [5.74, 6) is 0.614. The molecule has 1 aliphatic carbocycles. The second-order valence-electron chi connectivity index (χ2n) is 7.24. The number of sulfone groups is 1. The van der Waals surface area contributed by atoms with Gasteiger partial charge in [-0.2, -0.15) is 5.26 Å². The van der Waals surface area contributed by atoms with Crippen LogP contribution in [-0.4, -0.2) is 14.2 Å². The molecule has 3 rings (SSSR count). The normalized spacial score (nSPS) is 20.5. The van der Waals surface area contributed by atoms with Gasteiger partial charge in [0, 0.05) is 5.56 Å². The maximum atomic E-state index is 14.1. The average molecular weight is 371 g/mol. The van der Waals surface area contributed by atoms with Crippen molar-refractivity contribution < 1.29 is 12.8 Å². The first kappa shape index (κ1) is 18.6. The Kier molecular flexibility index (Phi) is 5.43. The van der Waals surface area contributed by atoms with Crippen LogP contribution in [0.3, 0.4) is 0 Å². The standard InChI is InChI=1S/C21H22FNO2S/c1-15-2-4-16(5-3-15)14-26(24,25)19-9-7-18(8-10-19)20-11-6-17(13-23)12-21(20)22/h6-12,15-16H,2-5,14H2,1H3. The first-order chi connectivity index (χ1) is 12.4. The van der Waals surface area contributed by atoms with Crippen LogP contribution in [0.15, 0.2) is 47.4 Å². The summed E-state index contributed by atoms with van der Waals surface area (Å²) in [4.78, 5) is 0.286. The molecule has 0 atom stereocenters. The number of nitrogens with zero attached hydrogens (tertiary/aromatic N) is 1. The fraction of sp³-hybridized carbons (Fsp3) is 0.381. The Morgan fingerprint density at radius 1 is 1.08 bits per heavy atom. The monoisotopic (exact) mass is 371 g/mol. The van der Waals surface area contributed by atoms with Crippen molar-refractivity contribution in [3.05, 3.63) is 53.8 Å². The molecule has 0 spiro atoms. The second-order valence-corrected chi connectivity index (χ2v) is 9.27. The SMILES string of the molecule is CC1CCC(CS(=O)(=O)c2ccc(-c3ccc(C#N)cc3F)cc2)CC1. The lowest BCUT2D eigenvalue weighted by atomic mass is 9.84. The summed E-state index contributed by atoms with van der Waals surface area (Å²) in [6, 6.07) is 12.5. The second kappa shape index (κ2) is 7.59. The van der Waals surface area contributed by atoms with Crippen LogP contribution in [-0.2, 0) is 9.84 Å². The summed E-state index contributed by atoms with van der Waals surface area (Å²) >= 11 is 0. The van der Waals surface area contributed by atoms with Crippen molar-refractivity contribution in [1.82, 2.24) is 0 Å². The predicted molar refractivity (Wildman–Crippen MR) is 99.7 cm³/mol. The number of halogens is 1. The lowest BCUT2D eigenvalue weighted by Crippen LogP contribution is -2.21. The van der Waals surface area contributed by atoms with Gasteiger partial charge in [0.15, 0.2) is 9.84 Å². The van der Waals surface area contributed by atoms with Crippen LogP contribution < -0.4 is 0 Å². The van der Waals surface area contributed by atoms with E-state index in [2.05, 4.69) is 6.92 Å². The molecule has 0 heterocycles. The van der Waals surface area contributed by atoms with Crippen LogP contribution in [0.1, 0.15) is 38.2 Å². The Labute approximate surface area is 154 Å². The maximum Gasteiger partial charge on any atom is 0.178 e. The Balaban J connectivity index is 1.77. The minimum atomic E-state index is -3.33. The number of nitriles is 1. The van der Waals surface area contributed by atoms with Crippen LogP contribution in [0.4, 0.5) is 4.39 Å². The third kappa shape index (κ3) is 4.13. The van der Waals surface area contributed by atoms with Gasteiger partial charge in [-0.1, -0.05) is 38.0 Å². The topological polar surface area (TPSA) is 57.9 Å². The smallest absolute Gasteiger partial charge is 0.178 e. The van der Waals surface area contributed by atoms with E-state index in [0.717, 1.165) is 25.7 Å². The van der Waals surface area contributed by atoms with Crippen molar-refractivity contribution in [2.45, 2.75) is 37.5 Å². The van der Waals surface area contributed by atoms with E-state index < -0.39 is 15.7 Å². The maximum absolute atomic E-state index is 14.1. The lowest BCUT2D eigenvalue weighted by molar-refractivity contribution is 0.308. The first-order valence-corrected chi connectivity index (χ1v) is 10.6. The third-order valence-corrected chi connectivity index (χ3v) is 7.11. The van der Waals surface area contributed by atoms with E-state index in [-0.39, 0.29) is 22.1 Å². The molecule has 2 aromatic carbocycles. The summed E-state index contributed by atoms with van der Waals surface area (Å²) in [7, 11) is -3.33. The fourth-order valence-electron chi connectivity index (χ4n) is 3.56. The quantitative estimate of drug-likeness (QED) is 0.763. The summed E-state index contributed by atoms with van der Waals surface area (Å²) in [5.41, 5.74) is 1.21. The molecule has 0 aromatic heterocycles. The molecule has 136 valence electrons. The van der Waals surface area contributed by atoms with E-state index in [9.17, 15) is 12.8 Å². The Morgan fingerprint density at radius 3 is 2.31 bits per heavy atom. The van der Waals surface area contributed by atoms with Crippen LogP contribution in [0.5, 0.6) is 0 Å². The van der Waals surface area contributed by atoms with Crippen LogP contribution in [0.25, 0.3) is 11.1 Å². The lowest BCUT2D eigenvalue weighted by Gasteiger charge is -2.25. The molecular formula is C21H22FNO2S. The zero-order chi connectivity index (χ0) is 18.7. The van der Waals surface area contributed by atoms with Gasteiger partial charge in [0.05, 0.1) is 22.3 Å². The van der Waals surface area contributed by atoms with Crippen LogP contribution in [0.2, 0.25) is 0 Å². The van der Waals surface area contributed by atoms with Gasteiger partial charge in [0.2, 0.25) is 0 Å². The molecular weight excluding hydrogens is 349 g/mol. The highest BCUT2D eigenvalue weighted by atomic mass is 32.2. The molecule has 2 aromatic rings. The van der Waals surface area contributed by atoms with Gasteiger partial charge in [-0.25, -0.2) is 12.8 Å². The predicted octanol–water partition coefficient (Wildman–Crippen LogP) is 4.96. The summed E-state index contributed by atoms with van der Waals surface area (Å²) in [6.45, 7) is 2.21. The molecule has 0 radical (unpaired) electrons. The highest BCUT2D eigenvalue weighted by Crippen LogP contribution is 2.31. The molecule has 0 bridgehead atoms. The van der Waals surface area contributed by atoms with Crippen molar-refractivity contribution >= 4 is 9.84 Å². The van der Waals surface area contributed by atoms with Crippen LogP contribution >= 0.6 is 0 Å². The first-order valence-electron chi connectivity index (χ1n) is 8.92. The molecule has 26 heavy (non-hydrogen) atoms. The van der Waals surface area contributed by atoms with Gasteiger partial charge >= 0.3 is 0 Å². The Hall–Kier alpha value is -2.19. The fourth-order valence-corrected chi connectivity index (χ4v) is 5.26. The van der Waals surface area contributed by atoms with Gasteiger partial charge in [-0.05, 0) is 54.5 Å². The van der Waals surface area contributed by atoms with Gasteiger partial charge in [0.1, 0.15) is 5.82 Å². The van der Waals surface area contributed by atoms with E-state index in [1.165, 1.54) is 6.07 Å². The Bertz CT molecular complexity index is 921. The number of rotatable bonds is 4. The van der Waals surface area contributed by atoms with Gasteiger partial charge in [0.25, 0.3) is 0 Å². The van der Waals surface area contributed by atoms with E-state index in [1.807, 2.05) is 6.07 Å². The zero-order valence-corrected chi connectivity index (χ0v) is 15.6. The molecule has 1 saturated carbocycles. The summed E-state index contributed by atoms with van der Waals surface area (Å²) in [6.07, 6.45) is 4.12. The van der Waals surface area contributed by atoms with Gasteiger partial charge in [-0.3, -0.25) is 0 Å². The third-order valence-electron chi connectivity index (χ3n) is 5.21. The van der Waals surface area contributed by atoms with Crippen molar-refractivity contribution in [1.29, 1.82) is 5.26 Å². The summed E-state index contributed by atoms with van der Waals surface area (Å²) < 4.78 is 39.5. The van der Waals surface area contributed by atoms with E-state index in [0.29, 0.717) is 17.0 Å². The molecule has 0 saturated heterocycles. The molecule has 0 amide bonds. The van der Waals surface area contributed by atoms with Crippen molar-refractivity contribution in [3.8, 4) is 17.2 Å². The van der Waals surface area contributed by atoms with Gasteiger partial charge in [-0.15, -0.1) is 0 Å². The number of hydrogen-bond acceptors (Lipinski definition) is 3. The molecule has 0 N–H and O–H groups in total. The minimum absolute atomic E-state index is 0.185. The highest BCUT2D eigenvalue weighted by Gasteiger charge is 2.25. The van der Waals surface area contributed by atoms with Crippen molar-refractivity contribution in [2.75, 3.05) is 5.75 Å². The molecule has 5 heteroatoms. The molecule has 0 unspecified atom stereocenters.